The van der Waals surface area contributed by atoms with E-state index in [0.717, 1.165) is 25.9 Å². The van der Waals surface area contributed by atoms with Gasteiger partial charge >= 0.3 is 0 Å². The normalized spacial score (nSPS) is 11.0. The summed E-state index contributed by atoms with van der Waals surface area (Å²) in [7, 11) is 1.66. The molecule has 0 fully saturated rings. The second-order valence-corrected chi connectivity index (χ2v) is 5.82. The van der Waals surface area contributed by atoms with Gasteiger partial charge in [-0.25, -0.2) is 0 Å². The SMILES string of the molecule is C=C(CCO)CCCCCCCCCCCCOCOC. The maximum absolute atomic E-state index is 8.78. The van der Waals surface area contributed by atoms with E-state index in [2.05, 4.69) is 6.58 Å². The predicted molar refractivity (Wildman–Crippen MR) is 89.5 cm³/mol. The molecule has 0 aliphatic heterocycles. The molecule has 0 aromatic heterocycles. The molecule has 0 bridgehead atoms. The van der Waals surface area contributed by atoms with Crippen molar-refractivity contribution in [3.8, 4) is 0 Å². The number of aliphatic hydroxyl groups is 1. The van der Waals surface area contributed by atoms with Crippen molar-refractivity contribution >= 4 is 0 Å². The summed E-state index contributed by atoms with van der Waals surface area (Å²) in [6, 6.07) is 0. The molecule has 0 saturated carbocycles. The molecule has 0 aliphatic rings. The summed E-state index contributed by atoms with van der Waals surface area (Å²) in [5.41, 5.74) is 1.20. The minimum absolute atomic E-state index is 0.247. The molecule has 0 heterocycles. The van der Waals surface area contributed by atoms with E-state index in [1.807, 2.05) is 0 Å². The Hall–Kier alpha value is -0.380. The van der Waals surface area contributed by atoms with Gasteiger partial charge in [-0.05, 0) is 25.7 Å². The fourth-order valence-electron chi connectivity index (χ4n) is 2.42. The van der Waals surface area contributed by atoms with Crippen LogP contribution in [0.1, 0.15) is 77.0 Å². The summed E-state index contributed by atoms with van der Waals surface area (Å²) >= 11 is 0. The molecule has 0 aliphatic carbocycles. The van der Waals surface area contributed by atoms with Crippen molar-refractivity contribution in [2.75, 3.05) is 27.1 Å². The molecule has 0 amide bonds. The van der Waals surface area contributed by atoms with E-state index in [0.29, 0.717) is 6.79 Å². The highest BCUT2D eigenvalue weighted by atomic mass is 16.7. The maximum atomic E-state index is 8.78. The molecule has 0 aromatic rings. The molecule has 3 heteroatoms. The lowest BCUT2D eigenvalue weighted by Gasteiger charge is -2.05. The third-order valence-corrected chi connectivity index (χ3v) is 3.74. The van der Waals surface area contributed by atoms with Crippen LogP contribution in [0.5, 0.6) is 0 Å². The molecule has 21 heavy (non-hydrogen) atoms. The zero-order valence-corrected chi connectivity index (χ0v) is 14.1. The van der Waals surface area contributed by atoms with Crippen LogP contribution in [0, 0.1) is 0 Å². The molecule has 0 radical (unpaired) electrons. The average molecular weight is 300 g/mol. The molecule has 0 unspecified atom stereocenters. The Balaban J connectivity index is 3.01. The van der Waals surface area contributed by atoms with Crippen molar-refractivity contribution in [2.24, 2.45) is 0 Å². The van der Waals surface area contributed by atoms with Gasteiger partial charge in [0.1, 0.15) is 6.79 Å². The van der Waals surface area contributed by atoms with E-state index in [1.165, 1.54) is 63.4 Å². The summed E-state index contributed by atoms with van der Waals surface area (Å²) < 4.78 is 10.1. The standard InChI is InChI=1S/C18H36O3/c1-18(14-15-19)13-11-9-7-5-3-4-6-8-10-12-16-21-17-20-2/h19H,1,3-17H2,2H3. The van der Waals surface area contributed by atoms with E-state index >= 15 is 0 Å². The zero-order valence-electron chi connectivity index (χ0n) is 14.1. The van der Waals surface area contributed by atoms with Crippen LogP contribution in [0.15, 0.2) is 12.2 Å². The predicted octanol–water partition coefficient (Wildman–Crippen LogP) is 4.84. The lowest BCUT2D eigenvalue weighted by Crippen LogP contribution is -1.98. The van der Waals surface area contributed by atoms with Crippen molar-refractivity contribution in [2.45, 2.75) is 77.0 Å². The number of rotatable bonds is 17. The Morgan fingerprint density at radius 1 is 0.810 bits per heavy atom. The van der Waals surface area contributed by atoms with E-state index in [1.54, 1.807) is 7.11 Å². The lowest BCUT2D eigenvalue weighted by molar-refractivity contribution is -0.0315. The van der Waals surface area contributed by atoms with Gasteiger partial charge in [-0.2, -0.15) is 0 Å². The molecule has 1 N–H and O–H groups in total. The first-order valence-corrected chi connectivity index (χ1v) is 8.65. The van der Waals surface area contributed by atoms with Crippen LogP contribution in [-0.4, -0.2) is 32.2 Å². The van der Waals surface area contributed by atoms with Crippen molar-refractivity contribution in [3.63, 3.8) is 0 Å². The number of aliphatic hydroxyl groups excluding tert-OH is 1. The average Bonchev–Trinajstić information content (AvgIpc) is 2.48. The fraction of sp³-hybridized carbons (Fsp3) is 0.889. The molecule has 0 aromatic carbocycles. The van der Waals surface area contributed by atoms with Crippen LogP contribution in [0.2, 0.25) is 0 Å². The number of methoxy groups -OCH3 is 1. The van der Waals surface area contributed by atoms with Gasteiger partial charge in [-0.15, -0.1) is 0 Å². The van der Waals surface area contributed by atoms with Gasteiger partial charge in [-0.1, -0.05) is 63.5 Å². The van der Waals surface area contributed by atoms with Crippen LogP contribution in [0.4, 0.5) is 0 Å². The first-order valence-electron chi connectivity index (χ1n) is 8.65. The van der Waals surface area contributed by atoms with Crippen LogP contribution >= 0.6 is 0 Å². The van der Waals surface area contributed by atoms with Crippen molar-refractivity contribution in [1.82, 2.24) is 0 Å². The van der Waals surface area contributed by atoms with Crippen LogP contribution < -0.4 is 0 Å². The molecule has 0 rings (SSSR count). The van der Waals surface area contributed by atoms with Gasteiger partial charge in [-0.3, -0.25) is 0 Å². The first kappa shape index (κ1) is 20.6. The first-order chi connectivity index (χ1) is 10.3. The third kappa shape index (κ3) is 17.6. The lowest BCUT2D eigenvalue weighted by atomic mass is 10.0. The van der Waals surface area contributed by atoms with Gasteiger partial charge in [0.25, 0.3) is 0 Å². The zero-order chi connectivity index (χ0) is 15.6. The Kier molecular flexibility index (Phi) is 17.4. The highest BCUT2D eigenvalue weighted by molar-refractivity contribution is 4.93. The highest BCUT2D eigenvalue weighted by Crippen LogP contribution is 2.14. The quantitative estimate of drug-likeness (QED) is 0.237. The van der Waals surface area contributed by atoms with Crippen molar-refractivity contribution in [3.05, 3.63) is 12.2 Å². The molecule has 126 valence electrons. The third-order valence-electron chi connectivity index (χ3n) is 3.74. The van der Waals surface area contributed by atoms with Crippen LogP contribution in [-0.2, 0) is 9.47 Å². The second-order valence-electron chi connectivity index (χ2n) is 5.82. The van der Waals surface area contributed by atoms with Crippen molar-refractivity contribution in [1.29, 1.82) is 0 Å². The maximum Gasteiger partial charge on any atom is 0.146 e. The fourth-order valence-corrected chi connectivity index (χ4v) is 2.42. The molecule has 0 spiro atoms. The summed E-state index contributed by atoms with van der Waals surface area (Å²) in [6.45, 7) is 5.47. The van der Waals surface area contributed by atoms with E-state index < -0.39 is 0 Å². The van der Waals surface area contributed by atoms with Crippen LogP contribution in [0.3, 0.4) is 0 Å². The Labute approximate surface area is 131 Å². The molecule has 3 nitrogen and oxygen atoms in total. The van der Waals surface area contributed by atoms with Gasteiger partial charge in [0.2, 0.25) is 0 Å². The largest absolute Gasteiger partial charge is 0.396 e. The minimum Gasteiger partial charge on any atom is -0.396 e. The van der Waals surface area contributed by atoms with E-state index in [4.69, 9.17) is 14.6 Å². The summed E-state index contributed by atoms with van der Waals surface area (Å²) in [5.74, 6) is 0. The Bertz CT molecular complexity index is 217. The van der Waals surface area contributed by atoms with E-state index in [9.17, 15) is 0 Å². The van der Waals surface area contributed by atoms with Gasteiger partial charge in [0, 0.05) is 20.3 Å². The molecule has 0 atom stereocenters. The Morgan fingerprint density at radius 2 is 1.33 bits per heavy atom. The molecular formula is C18H36O3. The number of hydrogen-bond acceptors (Lipinski definition) is 3. The van der Waals surface area contributed by atoms with Crippen LogP contribution in [0.25, 0.3) is 0 Å². The summed E-state index contributed by atoms with van der Waals surface area (Å²) in [4.78, 5) is 0. The molecule has 0 saturated heterocycles. The number of unbranched alkanes of at least 4 members (excludes halogenated alkanes) is 9. The van der Waals surface area contributed by atoms with Gasteiger partial charge < -0.3 is 14.6 Å². The monoisotopic (exact) mass is 300 g/mol. The minimum atomic E-state index is 0.247. The summed E-state index contributed by atoms with van der Waals surface area (Å²) in [6.07, 6.45) is 15.0. The number of hydrogen-bond donors (Lipinski definition) is 1. The highest BCUT2D eigenvalue weighted by Gasteiger charge is 1.96. The topological polar surface area (TPSA) is 38.7 Å². The van der Waals surface area contributed by atoms with Crippen molar-refractivity contribution < 1.29 is 14.6 Å². The van der Waals surface area contributed by atoms with Gasteiger partial charge in [0.15, 0.2) is 0 Å². The smallest absolute Gasteiger partial charge is 0.146 e. The van der Waals surface area contributed by atoms with Gasteiger partial charge in [0.05, 0.1) is 0 Å². The second kappa shape index (κ2) is 17.7. The molecular weight excluding hydrogens is 264 g/mol. The van der Waals surface area contributed by atoms with E-state index in [-0.39, 0.29) is 6.61 Å². The number of ether oxygens (including phenoxy) is 2. The summed E-state index contributed by atoms with van der Waals surface area (Å²) in [5, 5.41) is 8.78. The Morgan fingerprint density at radius 3 is 1.86 bits per heavy atom.